The van der Waals surface area contributed by atoms with Crippen molar-refractivity contribution in [2.24, 2.45) is 4.99 Å². The third-order valence-electron chi connectivity index (χ3n) is 6.73. The average Bonchev–Trinajstić information content (AvgIpc) is 3.06. The summed E-state index contributed by atoms with van der Waals surface area (Å²) in [5.74, 6) is -0.759. The number of benzodiazepines with no additional fused rings is 1. The molecule has 8 heteroatoms. The van der Waals surface area contributed by atoms with Crippen LogP contribution in [0, 0.1) is 13.8 Å². The number of ketones is 1. The van der Waals surface area contributed by atoms with Crippen molar-refractivity contribution in [3.63, 3.8) is 0 Å². The minimum absolute atomic E-state index is 0.221. The third kappa shape index (κ3) is 5.51. The van der Waals surface area contributed by atoms with Crippen LogP contribution in [0.4, 0.5) is 16.2 Å². The topological polar surface area (TPSA) is 90.9 Å². The van der Waals surface area contributed by atoms with Gasteiger partial charge in [-0.1, -0.05) is 96.5 Å². The van der Waals surface area contributed by atoms with Crippen LogP contribution in [0.5, 0.6) is 0 Å². The second kappa shape index (κ2) is 11.6. The maximum absolute atomic E-state index is 14.1. The number of halogens is 1. The number of nitrogens with zero attached hydrogens (tertiary/aromatic N) is 2. The van der Waals surface area contributed by atoms with Crippen LogP contribution < -0.4 is 15.5 Å². The van der Waals surface area contributed by atoms with Crippen molar-refractivity contribution < 1.29 is 14.4 Å². The second-order valence-corrected chi connectivity index (χ2v) is 9.86. The second-order valence-electron chi connectivity index (χ2n) is 9.46. The first-order chi connectivity index (χ1) is 19.3. The van der Waals surface area contributed by atoms with E-state index in [1.165, 1.54) is 4.90 Å². The maximum atomic E-state index is 14.1. The molecule has 5 rings (SSSR count). The highest BCUT2D eigenvalue weighted by atomic mass is 35.5. The zero-order valence-electron chi connectivity index (χ0n) is 22.0. The summed E-state index contributed by atoms with van der Waals surface area (Å²) in [4.78, 5) is 46.8. The van der Waals surface area contributed by atoms with Crippen molar-refractivity contribution in [3.05, 3.63) is 130 Å². The predicted octanol–water partition coefficient (Wildman–Crippen LogP) is 6.17. The summed E-state index contributed by atoms with van der Waals surface area (Å²) in [5, 5.41) is 5.81. The Hall–Kier alpha value is -4.75. The number of nitrogens with one attached hydrogen (secondary N) is 2. The molecule has 0 fully saturated rings. The van der Waals surface area contributed by atoms with E-state index in [0.717, 1.165) is 16.7 Å². The number of amides is 3. The molecule has 1 aliphatic heterocycles. The van der Waals surface area contributed by atoms with Crippen LogP contribution in [0.1, 0.15) is 32.6 Å². The maximum Gasteiger partial charge on any atom is 0.321 e. The molecule has 7 nitrogen and oxygen atoms in total. The number of hydrogen-bond acceptors (Lipinski definition) is 4. The molecule has 1 atom stereocenters. The van der Waals surface area contributed by atoms with Crippen LogP contribution in [0.15, 0.2) is 102 Å². The molecule has 1 unspecified atom stereocenters. The quantitative estimate of drug-likeness (QED) is 0.281. The van der Waals surface area contributed by atoms with Crippen molar-refractivity contribution in [2.75, 3.05) is 16.8 Å². The molecule has 1 heterocycles. The van der Waals surface area contributed by atoms with Gasteiger partial charge in [-0.15, -0.1) is 0 Å². The van der Waals surface area contributed by atoms with Gasteiger partial charge >= 0.3 is 6.03 Å². The van der Waals surface area contributed by atoms with Crippen molar-refractivity contribution in [3.8, 4) is 0 Å². The number of fused-ring (bicyclic) bond motifs is 1. The van der Waals surface area contributed by atoms with Crippen LogP contribution in [-0.2, 0) is 4.79 Å². The van der Waals surface area contributed by atoms with Gasteiger partial charge < -0.3 is 15.5 Å². The molecule has 0 saturated carbocycles. The first-order valence-electron chi connectivity index (χ1n) is 12.8. The summed E-state index contributed by atoms with van der Waals surface area (Å²) in [6.45, 7) is 3.45. The zero-order chi connectivity index (χ0) is 28.2. The molecule has 0 aliphatic carbocycles. The number of aryl methyl sites for hydroxylation is 2. The van der Waals surface area contributed by atoms with Gasteiger partial charge in [0.05, 0.1) is 28.7 Å². The van der Waals surface area contributed by atoms with Crippen molar-refractivity contribution in [1.29, 1.82) is 0 Å². The Kier molecular flexibility index (Phi) is 7.75. The Morgan fingerprint density at radius 3 is 2.27 bits per heavy atom. The molecule has 200 valence electrons. The number of carbonyl (C=O) groups excluding carboxylic acids is 3. The van der Waals surface area contributed by atoms with E-state index >= 15 is 0 Å². The standard InChI is InChI=1S/C32H27ClN4O3/c1-20-11-6-7-15-23(20)27(38)19-37-26-18-9-8-16-24(26)29(22-13-4-3-5-14-22)34-30(31(37)39)36-32(40)35-28-21(2)12-10-17-25(28)33/h3-18,30H,19H2,1-2H3,(H2,35,36,40). The normalized spacial score (nSPS) is 14.6. The van der Waals surface area contributed by atoms with Gasteiger partial charge in [-0.2, -0.15) is 0 Å². The highest BCUT2D eigenvalue weighted by Gasteiger charge is 2.34. The fourth-order valence-corrected chi connectivity index (χ4v) is 4.96. The van der Waals surface area contributed by atoms with E-state index in [9.17, 15) is 14.4 Å². The van der Waals surface area contributed by atoms with Crippen LogP contribution >= 0.6 is 11.6 Å². The van der Waals surface area contributed by atoms with E-state index in [0.29, 0.717) is 33.2 Å². The third-order valence-corrected chi connectivity index (χ3v) is 7.05. The van der Waals surface area contributed by atoms with Crippen LogP contribution in [-0.4, -0.2) is 36.1 Å². The van der Waals surface area contributed by atoms with Gasteiger partial charge in [0.1, 0.15) is 0 Å². The number of hydrogen-bond donors (Lipinski definition) is 2. The molecular formula is C32H27ClN4O3. The summed E-state index contributed by atoms with van der Waals surface area (Å²) >= 11 is 6.30. The van der Waals surface area contributed by atoms with Gasteiger partial charge in [-0.05, 0) is 37.1 Å². The Morgan fingerprint density at radius 2 is 1.52 bits per heavy atom. The number of Topliss-reactive ketones (excluding diaryl/α,β-unsaturated/α-hetero) is 1. The lowest BCUT2D eigenvalue weighted by molar-refractivity contribution is -0.120. The smallest absolute Gasteiger partial charge is 0.308 e. The fraction of sp³-hybridized carbons (Fsp3) is 0.125. The number of carbonyl (C=O) groups is 3. The lowest BCUT2D eigenvalue weighted by Gasteiger charge is -2.25. The summed E-state index contributed by atoms with van der Waals surface area (Å²) in [6.07, 6.45) is -1.31. The number of anilines is 2. The van der Waals surface area contributed by atoms with Gasteiger partial charge in [0.15, 0.2) is 5.78 Å². The Morgan fingerprint density at radius 1 is 0.850 bits per heavy atom. The highest BCUT2D eigenvalue weighted by molar-refractivity contribution is 6.34. The van der Waals surface area contributed by atoms with Gasteiger partial charge in [0, 0.05) is 16.7 Å². The molecule has 0 radical (unpaired) electrons. The first-order valence-corrected chi connectivity index (χ1v) is 13.2. The summed E-state index contributed by atoms with van der Waals surface area (Å²) in [5.41, 5.74) is 5.03. The summed E-state index contributed by atoms with van der Waals surface area (Å²) in [7, 11) is 0. The molecule has 0 saturated heterocycles. The zero-order valence-corrected chi connectivity index (χ0v) is 22.8. The monoisotopic (exact) mass is 550 g/mol. The number of para-hydroxylation sites is 2. The molecule has 4 aromatic rings. The molecule has 1 aliphatic rings. The number of aliphatic imine (C=N–C) groups is 1. The highest BCUT2D eigenvalue weighted by Crippen LogP contribution is 2.29. The molecule has 0 bridgehead atoms. The largest absolute Gasteiger partial charge is 0.321 e. The number of benzene rings is 4. The van der Waals surface area contributed by atoms with E-state index in [1.807, 2.05) is 74.5 Å². The molecule has 0 spiro atoms. The Bertz CT molecular complexity index is 1610. The molecule has 40 heavy (non-hydrogen) atoms. The van der Waals surface area contributed by atoms with E-state index in [1.54, 1.807) is 36.4 Å². The van der Waals surface area contributed by atoms with Crippen LogP contribution in [0.3, 0.4) is 0 Å². The summed E-state index contributed by atoms with van der Waals surface area (Å²) in [6, 6.07) is 28.6. The molecule has 2 N–H and O–H groups in total. The summed E-state index contributed by atoms with van der Waals surface area (Å²) < 4.78 is 0. The lowest BCUT2D eigenvalue weighted by Crippen LogP contribution is -2.50. The van der Waals surface area contributed by atoms with Gasteiger partial charge in [0.25, 0.3) is 5.91 Å². The Labute approximate surface area is 237 Å². The minimum atomic E-state index is -1.31. The molecule has 0 aromatic heterocycles. The van der Waals surface area contributed by atoms with Gasteiger partial charge in [-0.3, -0.25) is 9.59 Å². The SMILES string of the molecule is Cc1ccccc1C(=O)CN1C(=O)C(NC(=O)Nc2c(C)cccc2Cl)N=C(c2ccccc2)c2ccccc21. The number of rotatable bonds is 6. The molecule has 4 aromatic carbocycles. The van der Waals surface area contributed by atoms with Crippen molar-refractivity contribution in [2.45, 2.75) is 20.0 Å². The predicted molar refractivity (Wildman–Crippen MR) is 159 cm³/mol. The van der Waals surface area contributed by atoms with Crippen molar-refractivity contribution >= 4 is 46.4 Å². The van der Waals surface area contributed by atoms with Crippen LogP contribution in [0.25, 0.3) is 0 Å². The lowest BCUT2D eigenvalue weighted by atomic mass is 9.99. The van der Waals surface area contributed by atoms with Gasteiger partial charge in [-0.25, -0.2) is 9.79 Å². The molecule has 3 amide bonds. The van der Waals surface area contributed by atoms with Gasteiger partial charge in [0.2, 0.25) is 6.17 Å². The Balaban J connectivity index is 1.55. The fourth-order valence-electron chi connectivity index (χ4n) is 4.69. The van der Waals surface area contributed by atoms with E-state index < -0.39 is 18.1 Å². The van der Waals surface area contributed by atoms with E-state index in [-0.39, 0.29) is 12.3 Å². The van der Waals surface area contributed by atoms with Crippen molar-refractivity contribution in [1.82, 2.24) is 5.32 Å². The number of urea groups is 1. The van der Waals surface area contributed by atoms with E-state index in [4.69, 9.17) is 16.6 Å². The van der Waals surface area contributed by atoms with E-state index in [2.05, 4.69) is 10.6 Å². The van der Waals surface area contributed by atoms with Crippen LogP contribution in [0.2, 0.25) is 5.02 Å². The average molecular weight is 551 g/mol. The minimum Gasteiger partial charge on any atom is -0.308 e. The first kappa shape index (κ1) is 26.8. The molecular weight excluding hydrogens is 524 g/mol.